The lowest BCUT2D eigenvalue weighted by molar-refractivity contribution is -0.182. The summed E-state index contributed by atoms with van der Waals surface area (Å²) in [5, 5.41) is 10.5. The van der Waals surface area contributed by atoms with Gasteiger partial charge in [0, 0.05) is 28.7 Å². The van der Waals surface area contributed by atoms with Crippen LogP contribution < -0.4 is 0 Å². The molecule has 2 fully saturated rings. The van der Waals surface area contributed by atoms with Crippen LogP contribution in [0.5, 0.6) is 0 Å². The van der Waals surface area contributed by atoms with E-state index in [1.807, 2.05) is 13.8 Å². The number of ether oxygens (including phenoxy) is 1. The van der Waals surface area contributed by atoms with Crippen LogP contribution in [0.2, 0.25) is 10.0 Å². The van der Waals surface area contributed by atoms with E-state index in [0.29, 0.717) is 34.1 Å². The minimum absolute atomic E-state index is 0.107. The quantitative estimate of drug-likeness (QED) is 0.442. The number of carbonyl (C=O) groups is 2. The topological polar surface area (TPSA) is 104 Å². The van der Waals surface area contributed by atoms with Gasteiger partial charge in [0.1, 0.15) is 12.2 Å². The number of carbonyl (C=O) groups excluding carboxylic acids is 1. The SMILES string of the molecule is CC[C@@H](CS(=O)(=O)N1CCC[C@@H]1C)N1C(=O)[C@@H](CC(=O)O)OC(c2cccc(Cl)c2)[C@H]1c1ccc(Cl)cc1. The number of nitrogens with zero attached hydrogens (tertiary/aromatic N) is 2. The minimum Gasteiger partial charge on any atom is -0.481 e. The molecule has 4 rings (SSSR count). The smallest absolute Gasteiger partial charge is 0.306 e. The summed E-state index contributed by atoms with van der Waals surface area (Å²) >= 11 is 12.4. The van der Waals surface area contributed by atoms with E-state index in [0.717, 1.165) is 12.8 Å². The lowest BCUT2D eigenvalue weighted by atomic mass is 9.89. The van der Waals surface area contributed by atoms with Crippen molar-refractivity contribution < 1.29 is 27.9 Å². The Labute approximate surface area is 233 Å². The first-order valence-electron chi connectivity index (χ1n) is 12.7. The highest BCUT2D eigenvalue weighted by Gasteiger charge is 2.48. The van der Waals surface area contributed by atoms with Crippen molar-refractivity contribution in [3.8, 4) is 0 Å². The number of aliphatic carboxylic acids is 1. The van der Waals surface area contributed by atoms with Gasteiger partial charge in [-0.1, -0.05) is 54.4 Å². The molecule has 0 spiro atoms. The van der Waals surface area contributed by atoms with Crippen LogP contribution in [0.25, 0.3) is 0 Å². The van der Waals surface area contributed by atoms with Crippen molar-refractivity contribution in [1.29, 1.82) is 0 Å². The third kappa shape index (κ3) is 6.18. The Morgan fingerprint density at radius 2 is 1.84 bits per heavy atom. The number of morpholine rings is 1. The maximum atomic E-state index is 13.9. The third-order valence-corrected chi connectivity index (χ3v) is 9.84. The molecular formula is C27H32Cl2N2O6S. The molecule has 5 atom stereocenters. The van der Waals surface area contributed by atoms with Crippen molar-refractivity contribution in [3.05, 3.63) is 69.7 Å². The summed E-state index contributed by atoms with van der Waals surface area (Å²) in [6, 6.07) is 12.4. The van der Waals surface area contributed by atoms with Gasteiger partial charge in [-0.25, -0.2) is 8.42 Å². The zero-order chi connectivity index (χ0) is 27.6. The molecule has 0 bridgehead atoms. The van der Waals surface area contributed by atoms with E-state index in [1.54, 1.807) is 48.5 Å². The van der Waals surface area contributed by atoms with E-state index in [-0.39, 0.29) is 11.8 Å². The largest absolute Gasteiger partial charge is 0.481 e. The van der Waals surface area contributed by atoms with Crippen LogP contribution in [0.15, 0.2) is 48.5 Å². The Kier molecular flexibility index (Phi) is 9.04. The van der Waals surface area contributed by atoms with Gasteiger partial charge < -0.3 is 14.7 Å². The Balaban J connectivity index is 1.83. The molecule has 2 aromatic carbocycles. The van der Waals surface area contributed by atoms with Crippen molar-refractivity contribution in [2.24, 2.45) is 0 Å². The molecule has 0 aromatic heterocycles. The van der Waals surface area contributed by atoms with Crippen LogP contribution in [0.1, 0.15) is 62.8 Å². The first-order chi connectivity index (χ1) is 18.0. The second kappa shape index (κ2) is 11.9. The van der Waals surface area contributed by atoms with Crippen LogP contribution in [0.4, 0.5) is 0 Å². The molecule has 0 saturated carbocycles. The monoisotopic (exact) mass is 582 g/mol. The van der Waals surface area contributed by atoms with Crippen molar-refractivity contribution in [3.63, 3.8) is 0 Å². The fourth-order valence-electron chi connectivity index (χ4n) is 5.45. The maximum Gasteiger partial charge on any atom is 0.306 e. The van der Waals surface area contributed by atoms with Crippen LogP contribution in [-0.2, 0) is 24.3 Å². The molecule has 1 N–H and O–H groups in total. The highest BCUT2D eigenvalue weighted by atomic mass is 35.5. The van der Waals surface area contributed by atoms with E-state index in [1.165, 1.54) is 9.21 Å². The number of carboxylic acid groups (broad SMARTS) is 1. The number of hydrogen-bond donors (Lipinski definition) is 1. The minimum atomic E-state index is -3.69. The molecule has 2 aliphatic heterocycles. The van der Waals surface area contributed by atoms with Gasteiger partial charge in [0.05, 0.1) is 18.2 Å². The van der Waals surface area contributed by atoms with Gasteiger partial charge >= 0.3 is 5.97 Å². The highest BCUT2D eigenvalue weighted by molar-refractivity contribution is 7.89. The van der Waals surface area contributed by atoms with Gasteiger partial charge in [0.2, 0.25) is 10.0 Å². The molecule has 2 heterocycles. The molecule has 38 heavy (non-hydrogen) atoms. The number of sulfonamides is 1. The predicted molar refractivity (Wildman–Crippen MR) is 146 cm³/mol. The van der Waals surface area contributed by atoms with Crippen molar-refractivity contribution >= 4 is 45.1 Å². The Hall–Kier alpha value is -2.17. The van der Waals surface area contributed by atoms with Gasteiger partial charge in [0.25, 0.3) is 5.91 Å². The fraction of sp³-hybridized carbons (Fsp3) is 0.481. The van der Waals surface area contributed by atoms with Crippen LogP contribution in [-0.4, -0.2) is 65.1 Å². The zero-order valence-electron chi connectivity index (χ0n) is 21.3. The summed E-state index contributed by atoms with van der Waals surface area (Å²) in [5.41, 5.74) is 1.34. The van der Waals surface area contributed by atoms with Crippen LogP contribution in [0, 0.1) is 0 Å². The van der Waals surface area contributed by atoms with E-state index >= 15 is 0 Å². The number of benzene rings is 2. The van der Waals surface area contributed by atoms with E-state index in [2.05, 4.69) is 0 Å². The normalized spacial score (nSPS) is 25.5. The highest BCUT2D eigenvalue weighted by Crippen LogP contribution is 2.45. The molecule has 0 radical (unpaired) electrons. The second-order valence-electron chi connectivity index (χ2n) is 9.88. The summed E-state index contributed by atoms with van der Waals surface area (Å²) in [6.45, 7) is 4.17. The van der Waals surface area contributed by atoms with Crippen molar-refractivity contribution in [2.45, 2.75) is 69.9 Å². The molecule has 8 nitrogen and oxygen atoms in total. The molecule has 2 aliphatic rings. The molecule has 1 amide bonds. The number of halogens is 2. The first kappa shape index (κ1) is 28.8. The van der Waals surface area contributed by atoms with Crippen molar-refractivity contribution in [1.82, 2.24) is 9.21 Å². The number of carboxylic acids is 1. The predicted octanol–water partition coefficient (Wildman–Crippen LogP) is 5.07. The third-order valence-electron chi connectivity index (χ3n) is 7.29. The van der Waals surface area contributed by atoms with Gasteiger partial charge in [0.15, 0.2) is 0 Å². The summed E-state index contributed by atoms with van der Waals surface area (Å²) in [5.74, 6) is -2.02. The first-order valence-corrected chi connectivity index (χ1v) is 15.1. The fourth-order valence-corrected chi connectivity index (χ4v) is 7.91. The summed E-state index contributed by atoms with van der Waals surface area (Å²) in [6.07, 6.45) is -0.705. The van der Waals surface area contributed by atoms with Crippen LogP contribution >= 0.6 is 23.2 Å². The van der Waals surface area contributed by atoms with E-state index in [9.17, 15) is 23.1 Å². The summed E-state index contributed by atoms with van der Waals surface area (Å²) in [7, 11) is -3.69. The average molecular weight is 584 g/mol. The van der Waals surface area contributed by atoms with Crippen molar-refractivity contribution in [2.75, 3.05) is 12.3 Å². The van der Waals surface area contributed by atoms with E-state index < -0.39 is 52.6 Å². The summed E-state index contributed by atoms with van der Waals surface area (Å²) in [4.78, 5) is 27.1. The van der Waals surface area contributed by atoms with Gasteiger partial charge in [-0.15, -0.1) is 0 Å². The summed E-state index contributed by atoms with van der Waals surface area (Å²) < 4.78 is 34.8. The van der Waals surface area contributed by atoms with Gasteiger partial charge in [-0.05, 0) is 61.6 Å². The standard InChI is InChI=1S/C27H32Cl2N2O6S/c1-3-22(16-38(35,36)30-13-5-6-17(30)2)31-25(18-9-11-20(28)12-10-18)26(19-7-4-8-21(29)14-19)37-23(27(31)34)15-24(32)33/h4,7-12,14,17,22-23,25-26H,3,5-6,13,15-16H2,1-2H3,(H,32,33)/t17-,22-,23+,25+,26?/m0/s1. The molecule has 206 valence electrons. The lowest BCUT2D eigenvalue weighted by Gasteiger charge is -2.48. The molecule has 0 aliphatic carbocycles. The molecule has 2 saturated heterocycles. The Morgan fingerprint density at radius 3 is 2.42 bits per heavy atom. The molecule has 11 heteroatoms. The maximum absolute atomic E-state index is 13.9. The zero-order valence-corrected chi connectivity index (χ0v) is 23.6. The van der Waals surface area contributed by atoms with Gasteiger partial charge in [-0.2, -0.15) is 4.31 Å². The number of hydrogen-bond acceptors (Lipinski definition) is 5. The lowest BCUT2D eigenvalue weighted by Crippen LogP contribution is -2.57. The molecule has 1 unspecified atom stereocenters. The number of rotatable bonds is 9. The molecule has 2 aromatic rings. The van der Waals surface area contributed by atoms with E-state index in [4.69, 9.17) is 27.9 Å². The number of amides is 1. The Bertz CT molecular complexity index is 1270. The van der Waals surface area contributed by atoms with Gasteiger partial charge in [-0.3, -0.25) is 9.59 Å². The molecular weight excluding hydrogens is 551 g/mol. The average Bonchev–Trinajstić information content (AvgIpc) is 3.31. The Morgan fingerprint density at radius 1 is 1.13 bits per heavy atom. The second-order valence-corrected chi connectivity index (χ2v) is 12.7. The van der Waals surface area contributed by atoms with Crippen LogP contribution in [0.3, 0.4) is 0 Å².